The van der Waals surface area contributed by atoms with Gasteiger partial charge in [-0.25, -0.2) is 9.48 Å². The van der Waals surface area contributed by atoms with Gasteiger partial charge in [0, 0.05) is 24.4 Å². The number of hydrogen-bond acceptors (Lipinski definition) is 7. The third-order valence-corrected chi connectivity index (χ3v) is 7.35. The van der Waals surface area contributed by atoms with Gasteiger partial charge in [0.15, 0.2) is 0 Å². The fourth-order valence-corrected chi connectivity index (χ4v) is 5.33. The van der Waals surface area contributed by atoms with Crippen LogP contribution in [-0.2, 0) is 6.54 Å². The average molecular weight is 543 g/mol. The van der Waals surface area contributed by atoms with Gasteiger partial charge < -0.3 is 19.5 Å². The number of aromatic carboxylic acids is 1. The second-order valence-electron chi connectivity index (χ2n) is 8.02. The van der Waals surface area contributed by atoms with E-state index >= 15 is 0 Å². The maximum atomic E-state index is 12.6. The Kier molecular flexibility index (Phi) is 7.84. The Bertz CT molecular complexity index is 1220. The van der Waals surface area contributed by atoms with Gasteiger partial charge in [0.1, 0.15) is 16.5 Å². The van der Waals surface area contributed by atoms with E-state index in [9.17, 15) is 23.1 Å². The van der Waals surface area contributed by atoms with Crippen LogP contribution in [0.2, 0.25) is 5.02 Å². The second-order valence-corrected chi connectivity index (χ2v) is 9.72. The number of methoxy groups -OCH3 is 1. The maximum absolute atomic E-state index is 12.6. The first kappa shape index (κ1) is 26.0. The highest BCUT2D eigenvalue weighted by atomic mass is 35.5. The van der Waals surface area contributed by atoms with Crippen molar-refractivity contribution in [2.45, 2.75) is 36.0 Å². The van der Waals surface area contributed by atoms with E-state index in [4.69, 9.17) is 16.3 Å². The summed E-state index contributed by atoms with van der Waals surface area (Å²) in [5.74, 6) is -0.789. The van der Waals surface area contributed by atoms with Crippen LogP contribution in [0, 0.1) is 0 Å². The van der Waals surface area contributed by atoms with Gasteiger partial charge in [-0.15, -0.1) is 30.0 Å². The molecule has 2 aromatic carbocycles. The number of rotatable bonds is 8. The minimum Gasteiger partial charge on any atom is -0.497 e. The number of alkyl halides is 3. The number of aromatic nitrogens is 3. The molecule has 36 heavy (non-hydrogen) atoms. The summed E-state index contributed by atoms with van der Waals surface area (Å²) >= 11 is 7.64. The van der Waals surface area contributed by atoms with Crippen LogP contribution in [-0.4, -0.2) is 57.9 Å². The highest BCUT2D eigenvalue weighted by Crippen LogP contribution is 2.37. The van der Waals surface area contributed by atoms with E-state index in [0.29, 0.717) is 54.0 Å². The Hall–Kier alpha value is -3.12. The number of carboxylic acid groups (broad SMARTS) is 1. The molecular weight excluding hydrogens is 521 g/mol. The molecule has 1 aliphatic heterocycles. The van der Waals surface area contributed by atoms with E-state index in [0.717, 1.165) is 5.56 Å². The number of hydrogen-bond donors (Lipinski definition) is 1. The number of carbonyl (C=O) groups is 1. The number of piperidine rings is 1. The van der Waals surface area contributed by atoms with Crippen molar-refractivity contribution in [2.24, 2.45) is 0 Å². The van der Waals surface area contributed by atoms with Crippen LogP contribution in [0.4, 0.5) is 18.9 Å². The topological polar surface area (TPSA) is 89.7 Å². The Morgan fingerprint density at radius 1 is 1.17 bits per heavy atom. The molecule has 0 bridgehead atoms. The summed E-state index contributed by atoms with van der Waals surface area (Å²) in [6.07, 6.45) is -3.49. The molecule has 1 saturated heterocycles. The first-order valence-electron chi connectivity index (χ1n) is 10.9. The van der Waals surface area contributed by atoms with Crippen molar-refractivity contribution in [2.75, 3.05) is 25.1 Å². The number of thioether (sulfide) groups is 1. The van der Waals surface area contributed by atoms with Crippen LogP contribution >= 0.6 is 23.4 Å². The SMILES string of the molecule is COc1ccc(Cn2nnc(C(=O)O)c2SC2CCN(c3cc(OC(F)(F)F)ccc3Cl)CC2)cc1. The number of benzene rings is 2. The molecule has 0 radical (unpaired) electrons. The standard InChI is InChI=1S/C23H22ClF3N4O4S/c1-34-15-4-2-14(3-5-15)13-31-21(20(22(32)33)28-29-31)36-17-8-10-30(11-9-17)19-12-16(6-7-18(19)24)35-23(25,26)27/h2-7,12,17H,8-11,13H2,1H3,(H,32,33). The highest BCUT2D eigenvalue weighted by molar-refractivity contribution is 8.00. The average Bonchev–Trinajstić information content (AvgIpc) is 3.22. The van der Waals surface area contributed by atoms with Gasteiger partial charge in [0.25, 0.3) is 0 Å². The minimum absolute atomic E-state index is 0.0563. The van der Waals surface area contributed by atoms with Crippen LogP contribution in [0.1, 0.15) is 28.9 Å². The number of anilines is 1. The van der Waals surface area contributed by atoms with E-state index in [1.807, 2.05) is 29.2 Å². The van der Waals surface area contributed by atoms with Gasteiger partial charge in [-0.05, 0) is 42.7 Å². The molecule has 0 spiro atoms. The van der Waals surface area contributed by atoms with Crippen molar-refractivity contribution in [3.8, 4) is 11.5 Å². The number of carboxylic acids is 1. The van der Waals surface area contributed by atoms with Crippen molar-refractivity contribution in [3.63, 3.8) is 0 Å². The van der Waals surface area contributed by atoms with Crippen molar-refractivity contribution >= 4 is 35.0 Å². The van der Waals surface area contributed by atoms with Crippen LogP contribution in [0.25, 0.3) is 0 Å². The lowest BCUT2D eigenvalue weighted by atomic mass is 10.1. The van der Waals surface area contributed by atoms with Crippen LogP contribution in [0.3, 0.4) is 0 Å². The number of halogens is 4. The molecule has 0 amide bonds. The van der Waals surface area contributed by atoms with Gasteiger partial charge in [-0.1, -0.05) is 28.9 Å². The molecule has 1 aromatic heterocycles. The van der Waals surface area contributed by atoms with Crippen molar-refractivity contribution in [1.82, 2.24) is 15.0 Å². The molecule has 0 saturated carbocycles. The van der Waals surface area contributed by atoms with E-state index in [2.05, 4.69) is 15.0 Å². The zero-order chi connectivity index (χ0) is 25.9. The Morgan fingerprint density at radius 3 is 2.44 bits per heavy atom. The fraction of sp³-hybridized carbons (Fsp3) is 0.348. The molecule has 1 fully saturated rings. The first-order chi connectivity index (χ1) is 17.1. The summed E-state index contributed by atoms with van der Waals surface area (Å²) in [4.78, 5) is 13.7. The molecule has 8 nitrogen and oxygen atoms in total. The summed E-state index contributed by atoms with van der Waals surface area (Å²) in [6.45, 7) is 1.39. The zero-order valence-electron chi connectivity index (χ0n) is 19.0. The van der Waals surface area contributed by atoms with Gasteiger partial charge in [-0.2, -0.15) is 0 Å². The normalized spacial score (nSPS) is 14.6. The largest absolute Gasteiger partial charge is 0.573 e. The smallest absolute Gasteiger partial charge is 0.497 e. The lowest BCUT2D eigenvalue weighted by molar-refractivity contribution is -0.274. The van der Waals surface area contributed by atoms with Crippen LogP contribution in [0.15, 0.2) is 47.5 Å². The van der Waals surface area contributed by atoms with E-state index in [1.165, 1.54) is 30.0 Å². The molecule has 0 unspecified atom stereocenters. The van der Waals surface area contributed by atoms with Crippen molar-refractivity contribution < 1.29 is 32.5 Å². The minimum atomic E-state index is -4.79. The number of nitrogens with zero attached hydrogens (tertiary/aromatic N) is 4. The van der Waals surface area contributed by atoms with Crippen molar-refractivity contribution in [1.29, 1.82) is 0 Å². The highest BCUT2D eigenvalue weighted by Gasteiger charge is 2.32. The summed E-state index contributed by atoms with van der Waals surface area (Å²) in [5, 5.41) is 18.4. The summed E-state index contributed by atoms with van der Waals surface area (Å²) in [6, 6.07) is 11.2. The van der Waals surface area contributed by atoms with Crippen LogP contribution < -0.4 is 14.4 Å². The molecule has 3 aromatic rings. The second kappa shape index (κ2) is 10.9. The molecule has 192 valence electrons. The monoisotopic (exact) mass is 542 g/mol. The third-order valence-electron chi connectivity index (χ3n) is 5.60. The Morgan fingerprint density at radius 2 is 1.83 bits per heavy atom. The Labute approximate surface area is 213 Å². The number of ether oxygens (including phenoxy) is 2. The quantitative estimate of drug-likeness (QED) is 0.408. The van der Waals surface area contributed by atoms with Crippen molar-refractivity contribution in [3.05, 3.63) is 58.7 Å². The lowest BCUT2D eigenvalue weighted by Gasteiger charge is -2.34. The van der Waals surface area contributed by atoms with Gasteiger partial charge >= 0.3 is 12.3 Å². The molecular formula is C23H22ClF3N4O4S. The first-order valence-corrected chi connectivity index (χ1v) is 12.2. The van der Waals surface area contributed by atoms with Gasteiger partial charge in [0.2, 0.25) is 5.69 Å². The fourth-order valence-electron chi connectivity index (χ4n) is 3.87. The molecule has 0 atom stereocenters. The van der Waals surface area contributed by atoms with Crippen LogP contribution in [0.5, 0.6) is 11.5 Å². The molecule has 1 N–H and O–H groups in total. The zero-order valence-corrected chi connectivity index (χ0v) is 20.6. The maximum Gasteiger partial charge on any atom is 0.573 e. The van der Waals surface area contributed by atoms with E-state index in [-0.39, 0.29) is 16.7 Å². The summed E-state index contributed by atoms with van der Waals surface area (Å²) in [5.41, 5.74) is 1.25. The molecule has 4 rings (SSSR count). The predicted octanol–water partition coefficient (Wildman–Crippen LogP) is 5.35. The molecule has 13 heteroatoms. The molecule has 1 aliphatic rings. The molecule has 2 heterocycles. The summed E-state index contributed by atoms with van der Waals surface area (Å²) in [7, 11) is 1.58. The predicted molar refractivity (Wildman–Crippen MR) is 128 cm³/mol. The third kappa shape index (κ3) is 6.35. The van der Waals surface area contributed by atoms with Gasteiger partial charge in [0.05, 0.1) is 24.4 Å². The Balaban J connectivity index is 1.45. The van der Waals surface area contributed by atoms with E-state index in [1.54, 1.807) is 11.8 Å². The van der Waals surface area contributed by atoms with E-state index < -0.39 is 12.3 Å². The lowest BCUT2D eigenvalue weighted by Crippen LogP contribution is -2.35. The molecule has 0 aliphatic carbocycles. The van der Waals surface area contributed by atoms with Gasteiger partial charge in [-0.3, -0.25) is 0 Å². The summed E-state index contributed by atoms with van der Waals surface area (Å²) < 4.78 is 48.6.